The summed E-state index contributed by atoms with van der Waals surface area (Å²) in [5.41, 5.74) is 1.79. The van der Waals surface area contributed by atoms with Crippen LogP contribution in [0.25, 0.3) is 0 Å². The quantitative estimate of drug-likeness (QED) is 0.870. The molecule has 3 rings (SSSR count). The third-order valence-corrected chi connectivity index (χ3v) is 3.96. The average Bonchev–Trinajstić information content (AvgIpc) is 2.96. The second kappa shape index (κ2) is 6.02. The predicted octanol–water partition coefficient (Wildman–Crippen LogP) is 3.51. The highest BCUT2D eigenvalue weighted by Gasteiger charge is 2.40. The van der Waals surface area contributed by atoms with Gasteiger partial charge in [-0.2, -0.15) is 0 Å². The van der Waals surface area contributed by atoms with Crippen LogP contribution in [0.3, 0.4) is 0 Å². The van der Waals surface area contributed by atoms with Gasteiger partial charge in [-0.1, -0.05) is 60.7 Å². The lowest BCUT2D eigenvalue weighted by molar-refractivity contribution is -0.130. The number of carbonyl (C=O) groups is 2. The van der Waals surface area contributed by atoms with Gasteiger partial charge in [0.05, 0.1) is 5.92 Å². The van der Waals surface area contributed by atoms with E-state index in [4.69, 9.17) is 4.74 Å². The van der Waals surface area contributed by atoms with Crippen LogP contribution in [-0.2, 0) is 9.53 Å². The molecule has 0 N–H and O–H groups in total. The zero-order valence-electron chi connectivity index (χ0n) is 12.3. The van der Waals surface area contributed by atoms with Crippen molar-refractivity contribution in [1.29, 1.82) is 0 Å². The van der Waals surface area contributed by atoms with Gasteiger partial charge < -0.3 is 4.74 Å². The lowest BCUT2D eigenvalue weighted by Crippen LogP contribution is -2.37. The first-order chi connectivity index (χ1) is 10.7. The molecule has 1 aliphatic heterocycles. The van der Waals surface area contributed by atoms with E-state index in [9.17, 15) is 9.59 Å². The summed E-state index contributed by atoms with van der Waals surface area (Å²) in [5.74, 6) is -0.624. The summed E-state index contributed by atoms with van der Waals surface area (Å²) in [6.45, 7) is 2.02. The minimum absolute atomic E-state index is 0.204. The highest BCUT2D eigenvalue weighted by molar-refractivity contribution is 5.97. The molecule has 1 saturated heterocycles. The van der Waals surface area contributed by atoms with E-state index in [1.54, 1.807) is 0 Å². The van der Waals surface area contributed by atoms with Crippen molar-refractivity contribution >= 4 is 12.0 Å². The average molecular weight is 295 g/mol. The number of benzene rings is 2. The van der Waals surface area contributed by atoms with Gasteiger partial charge in [-0.25, -0.2) is 9.69 Å². The van der Waals surface area contributed by atoms with Crippen LogP contribution in [0.15, 0.2) is 60.7 Å². The summed E-state index contributed by atoms with van der Waals surface area (Å²) in [4.78, 5) is 26.0. The third-order valence-electron chi connectivity index (χ3n) is 3.96. The van der Waals surface area contributed by atoms with Crippen molar-refractivity contribution in [2.75, 3.05) is 6.61 Å². The Morgan fingerprint density at radius 3 is 2.32 bits per heavy atom. The molecule has 4 heteroatoms. The number of rotatable bonds is 3. The SMILES string of the molecule is CC(C(=O)N1C(=O)OCC1c1ccccc1)c1ccccc1. The minimum Gasteiger partial charge on any atom is -0.446 e. The zero-order chi connectivity index (χ0) is 15.5. The normalized spacial score (nSPS) is 18.9. The molecular formula is C18H17NO3. The number of nitrogens with zero attached hydrogens (tertiary/aromatic N) is 1. The molecule has 2 aromatic rings. The van der Waals surface area contributed by atoms with Crippen molar-refractivity contribution < 1.29 is 14.3 Å². The first-order valence-corrected chi connectivity index (χ1v) is 7.28. The molecule has 2 unspecified atom stereocenters. The van der Waals surface area contributed by atoms with Crippen LogP contribution in [0.2, 0.25) is 0 Å². The van der Waals surface area contributed by atoms with Gasteiger partial charge in [0.15, 0.2) is 0 Å². The number of ether oxygens (including phenoxy) is 1. The molecule has 1 aliphatic rings. The fourth-order valence-electron chi connectivity index (χ4n) is 2.68. The molecule has 4 nitrogen and oxygen atoms in total. The van der Waals surface area contributed by atoms with Gasteiger partial charge in [-0.3, -0.25) is 4.79 Å². The number of hydrogen-bond acceptors (Lipinski definition) is 3. The van der Waals surface area contributed by atoms with Crippen molar-refractivity contribution in [3.05, 3.63) is 71.8 Å². The molecular weight excluding hydrogens is 278 g/mol. The van der Waals surface area contributed by atoms with E-state index < -0.39 is 12.0 Å². The maximum absolute atomic E-state index is 12.8. The van der Waals surface area contributed by atoms with Crippen molar-refractivity contribution in [3.63, 3.8) is 0 Å². The van der Waals surface area contributed by atoms with Crippen molar-refractivity contribution in [3.8, 4) is 0 Å². The van der Waals surface area contributed by atoms with Gasteiger partial charge in [0.25, 0.3) is 0 Å². The molecule has 0 bridgehead atoms. The van der Waals surface area contributed by atoms with Crippen LogP contribution in [0.1, 0.15) is 30.0 Å². The van der Waals surface area contributed by atoms with Crippen LogP contribution >= 0.6 is 0 Å². The second-order valence-electron chi connectivity index (χ2n) is 5.34. The van der Waals surface area contributed by atoms with Gasteiger partial charge in [0.2, 0.25) is 5.91 Å². The summed E-state index contributed by atoms with van der Waals surface area (Å²) in [7, 11) is 0. The van der Waals surface area contributed by atoms with Crippen molar-refractivity contribution in [2.45, 2.75) is 18.9 Å². The van der Waals surface area contributed by atoms with E-state index in [0.717, 1.165) is 11.1 Å². The maximum atomic E-state index is 12.8. The highest BCUT2D eigenvalue weighted by Crippen LogP contribution is 2.31. The zero-order valence-corrected chi connectivity index (χ0v) is 12.3. The van der Waals surface area contributed by atoms with Gasteiger partial charge in [-0.05, 0) is 18.1 Å². The summed E-state index contributed by atoms with van der Waals surface area (Å²) in [5, 5.41) is 0. The third kappa shape index (κ3) is 2.60. The number of amides is 2. The van der Waals surface area contributed by atoms with Crippen LogP contribution in [0.4, 0.5) is 4.79 Å². The largest absolute Gasteiger partial charge is 0.446 e. The molecule has 0 aliphatic carbocycles. The molecule has 0 aromatic heterocycles. The molecule has 1 fully saturated rings. The first-order valence-electron chi connectivity index (χ1n) is 7.28. The molecule has 2 amide bonds. The Bertz CT molecular complexity index is 669. The van der Waals surface area contributed by atoms with Crippen molar-refractivity contribution in [1.82, 2.24) is 4.90 Å². The van der Waals surface area contributed by atoms with E-state index in [0.29, 0.717) is 0 Å². The van der Waals surface area contributed by atoms with Gasteiger partial charge in [0.1, 0.15) is 12.6 Å². The number of hydrogen-bond donors (Lipinski definition) is 0. The lowest BCUT2D eigenvalue weighted by atomic mass is 9.98. The Morgan fingerprint density at radius 1 is 1.09 bits per heavy atom. The van der Waals surface area contributed by atoms with Gasteiger partial charge in [0, 0.05) is 0 Å². The van der Waals surface area contributed by atoms with E-state index in [2.05, 4.69) is 0 Å². The Kier molecular flexibility index (Phi) is 3.92. The first kappa shape index (κ1) is 14.3. The predicted molar refractivity (Wildman–Crippen MR) is 82.2 cm³/mol. The minimum atomic E-state index is -0.568. The summed E-state index contributed by atoms with van der Waals surface area (Å²) in [6.07, 6.45) is -0.568. The lowest BCUT2D eigenvalue weighted by Gasteiger charge is -2.23. The molecule has 22 heavy (non-hydrogen) atoms. The van der Waals surface area contributed by atoms with E-state index in [-0.39, 0.29) is 18.6 Å². The molecule has 2 aromatic carbocycles. The number of imide groups is 1. The Hall–Kier alpha value is -2.62. The summed E-state index contributed by atoms with van der Waals surface area (Å²) < 4.78 is 5.11. The smallest absolute Gasteiger partial charge is 0.417 e. The molecule has 0 radical (unpaired) electrons. The monoisotopic (exact) mass is 295 g/mol. The molecule has 1 heterocycles. The van der Waals surface area contributed by atoms with Crippen LogP contribution < -0.4 is 0 Å². The fraction of sp³-hybridized carbons (Fsp3) is 0.222. The highest BCUT2D eigenvalue weighted by atomic mass is 16.6. The molecule has 0 spiro atoms. The number of cyclic esters (lactones) is 1. The number of carbonyl (C=O) groups excluding carboxylic acids is 2. The van der Waals surface area contributed by atoms with E-state index in [1.165, 1.54) is 4.90 Å². The van der Waals surface area contributed by atoms with Gasteiger partial charge >= 0.3 is 6.09 Å². The topological polar surface area (TPSA) is 46.6 Å². The summed E-state index contributed by atoms with van der Waals surface area (Å²) in [6, 6.07) is 18.6. The van der Waals surface area contributed by atoms with Crippen LogP contribution in [0, 0.1) is 0 Å². The Labute approximate surface area is 129 Å². The maximum Gasteiger partial charge on any atom is 0.417 e. The fourth-order valence-corrected chi connectivity index (χ4v) is 2.68. The van der Waals surface area contributed by atoms with Crippen molar-refractivity contribution in [2.24, 2.45) is 0 Å². The Balaban J connectivity index is 1.88. The second-order valence-corrected chi connectivity index (χ2v) is 5.34. The Morgan fingerprint density at radius 2 is 1.68 bits per heavy atom. The summed E-state index contributed by atoms with van der Waals surface area (Å²) >= 11 is 0. The molecule has 0 saturated carbocycles. The van der Waals surface area contributed by atoms with E-state index in [1.807, 2.05) is 67.6 Å². The molecule has 112 valence electrons. The van der Waals surface area contributed by atoms with Gasteiger partial charge in [-0.15, -0.1) is 0 Å². The van der Waals surface area contributed by atoms with E-state index >= 15 is 0 Å². The van der Waals surface area contributed by atoms with Crippen LogP contribution in [-0.4, -0.2) is 23.5 Å². The standard InChI is InChI=1S/C18H17NO3/c1-13(14-8-4-2-5-9-14)17(20)19-16(12-22-18(19)21)15-10-6-3-7-11-15/h2-11,13,16H,12H2,1H3. The molecule has 2 atom stereocenters. The van der Waals surface area contributed by atoms with Crippen LogP contribution in [0.5, 0.6) is 0 Å².